The standard InChI is InChI=1S/C14H12F3N3OS.C4H11N/c1-9(20-13(21)12-8-18-5-6-19-12)10-3-2-4-11(7-10)22-14(15,16)17;1-4(2,3)5/h2-9H,1H3,(H,20,21);5H2,1-3H3. The number of nitrogens with two attached hydrogens (primary N) is 1. The van der Waals surface area contributed by atoms with Crippen LogP contribution in [0, 0.1) is 0 Å². The van der Waals surface area contributed by atoms with Gasteiger partial charge < -0.3 is 11.1 Å². The van der Waals surface area contributed by atoms with E-state index in [2.05, 4.69) is 15.3 Å². The van der Waals surface area contributed by atoms with Crippen molar-refractivity contribution in [3.63, 3.8) is 0 Å². The summed E-state index contributed by atoms with van der Waals surface area (Å²) in [6.07, 6.45) is 4.15. The number of carbonyl (C=O) groups is 1. The SMILES string of the molecule is CC(C)(C)N.CC(NC(=O)c1cnccn1)c1cccc(SC(F)(F)F)c1. The van der Waals surface area contributed by atoms with Crippen LogP contribution in [-0.4, -0.2) is 26.9 Å². The number of thioether (sulfide) groups is 1. The average Bonchev–Trinajstić information content (AvgIpc) is 2.52. The molecule has 1 aromatic heterocycles. The maximum atomic E-state index is 12.4. The molecule has 1 aromatic carbocycles. The van der Waals surface area contributed by atoms with Gasteiger partial charge >= 0.3 is 5.51 Å². The molecule has 148 valence electrons. The van der Waals surface area contributed by atoms with Crippen molar-refractivity contribution in [2.24, 2.45) is 5.73 Å². The van der Waals surface area contributed by atoms with Gasteiger partial charge in [0.1, 0.15) is 5.69 Å². The van der Waals surface area contributed by atoms with E-state index in [4.69, 9.17) is 5.73 Å². The molecule has 0 aliphatic carbocycles. The van der Waals surface area contributed by atoms with Crippen LogP contribution in [-0.2, 0) is 0 Å². The fourth-order valence-corrected chi connectivity index (χ4v) is 2.36. The van der Waals surface area contributed by atoms with Gasteiger partial charge in [0, 0.05) is 22.8 Å². The number of halogens is 3. The van der Waals surface area contributed by atoms with E-state index < -0.39 is 17.5 Å². The third-order valence-electron chi connectivity index (χ3n) is 2.74. The fraction of sp³-hybridized carbons (Fsp3) is 0.389. The molecule has 0 fully saturated rings. The molecule has 0 bridgehead atoms. The van der Waals surface area contributed by atoms with E-state index in [9.17, 15) is 18.0 Å². The van der Waals surface area contributed by atoms with E-state index in [-0.39, 0.29) is 27.9 Å². The van der Waals surface area contributed by atoms with Crippen LogP contribution >= 0.6 is 11.8 Å². The van der Waals surface area contributed by atoms with Crippen LogP contribution in [0.4, 0.5) is 13.2 Å². The number of nitrogens with zero attached hydrogens (tertiary/aromatic N) is 2. The Labute approximate surface area is 161 Å². The summed E-state index contributed by atoms with van der Waals surface area (Å²) in [5.41, 5.74) is 1.74. The van der Waals surface area contributed by atoms with Gasteiger partial charge in [0.25, 0.3) is 5.91 Å². The van der Waals surface area contributed by atoms with Gasteiger partial charge in [-0.15, -0.1) is 0 Å². The Morgan fingerprint density at radius 1 is 1.22 bits per heavy atom. The topological polar surface area (TPSA) is 80.9 Å². The van der Waals surface area contributed by atoms with Crippen molar-refractivity contribution in [3.8, 4) is 0 Å². The number of hydrogen-bond acceptors (Lipinski definition) is 5. The molecule has 9 heteroatoms. The number of hydrogen-bond donors (Lipinski definition) is 2. The molecule has 0 radical (unpaired) electrons. The van der Waals surface area contributed by atoms with E-state index in [1.54, 1.807) is 13.0 Å². The minimum atomic E-state index is -4.34. The largest absolute Gasteiger partial charge is 0.446 e. The van der Waals surface area contributed by atoms with Gasteiger partial charge in [-0.05, 0) is 57.2 Å². The number of nitrogens with one attached hydrogen (secondary N) is 1. The Morgan fingerprint density at radius 2 is 1.85 bits per heavy atom. The highest BCUT2D eigenvalue weighted by atomic mass is 32.2. The second-order valence-corrected chi connectivity index (χ2v) is 7.91. The number of rotatable bonds is 4. The molecule has 1 heterocycles. The molecule has 2 aromatic rings. The molecule has 27 heavy (non-hydrogen) atoms. The lowest BCUT2D eigenvalue weighted by Crippen LogP contribution is -2.27. The average molecular weight is 400 g/mol. The number of amides is 1. The van der Waals surface area contributed by atoms with E-state index in [0.29, 0.717) is 5.56 Å². The lowest BCUT2D eigenvalue weighted by atomic mass is 10.1. The molecular weight excluding hydrogens is 377 g/mol. The van der Waals surface area contributed by atoms with E-state index in [0.717, 1.165) is 0 Å². The summed E-state index contributed by atoms with van der Waals surface area (Å²) in [5.74, 6) is -0.436. The van der Waals surface area contributed by atoms with Gasteiger partial charge in [-0.25, -0.2) is 4.98 Å². The molecule has 1 unspecified atom stereocenters. The molecule has 3 N–H and O–H groups in total. The summed E-state index contributed by atoms with van der Waals surface area (Å²) < 4.78 is 37.2. The van der Waals surface area contributed by atoms with Crippen molar-refractivity contribution in [2.75, 3.05) is 0 Å². The summed E-state index contributed by atoms with van der Waals surface area (Å²) in [4.78, 5) is 19.7. The van der Waals surface area contributed by atoms with E-state index in [1.807, 2.05) is 20.8 Å². The third-order valence-corrected chi connectivity index (χ3v) is 3.46. The second-order valence-electron chi connectivity index (χ2n) is 6.77. The van der Waals surface area contributed by atoms with Crippen molar-refractivity contribution in [1.82, 2.24) is 15.3 Å². The van der Waals surface area contributed by atoms with Gasteiger partial charge in [-0.3, -0.25) is 9.78 Å². The Bertz CT molecular complexity index is 727. The number of carbonyl (C=O) groups excluding carboxylic acids is 1. The minimum absolute atomic E-state index is 0. The van der Waals surface area contributed by atoms with Crippen LogP contribution in [0.15, 0.2) is 47.8 Å². The quantitative estimate of drug-likeness (QED) is 0.747. The summed E-state index contributed by atoms with van der Waals surface area (Å²) in [7, 11) is 0. The number of alkyl halides is 3. The van der Waals surface area contributed by atoms with Gasteiger partial charge in [0.15, 0.2) is 0 Å². The predicted octanol–water partition coefficient (Wildman–Crippen LogP) is 4.32. The van der Waals surface area contributed by atoms with Crippen LogP contribution in [0.2, 0.25) is 0 Å². The zero-order valence-electron chi connectivity index (χ0n) is 15.5. The van der Waals surface area contributed by atoms with Crippen molar-refractivity contribution in [2.45, 2.75) is 49.7 Å². The van der Waals surface area contributed by atoms with Crippen molar-refractivity contribution in [3.05, 3.63) is 54.1 Å². The first-order valence-electron chi connectivity index (χ1n) is 8.06. The zero-order valence-corrected chi connectivity index (χ0v) is 16.4. The van der Waals surface area contributed by atoms with Crippen LogP contribution in [0.1, 0.15) is 49.8 Å². The number of benzene rings is 1. The third kappa shape index (κ3) is 10.6. The molecular formula is C18H23F3N4OS. The maximum Gasteiger partial charge on any atom is 0.446 e. The second kappa shape index (κ2) is 9.70. The molecule has 0 aliphatic heterocycles. The minimum Gasteiger partial charge on any atom is -0.344 e. The molecule has 0 saturated heterocycles. The highest BCUT2D eigenvalue weighted by molar-refractivity contribution is 8.00. The zero-order chi connectivity index (χ0) is 20.7. The summed E-state index contributed by atoms with van der Waals surface area (Å²) in [6.45, 7) is 7.58. The molecule has 1 atom stereocenters. The molecule has 2 rings (SSSR count). The van der Waals surface area contributed by atoms with Crippen LogP contribution in [0.3, 0.4) is 0 Å². The Hall–Kier alpha value is -2.13. The van der Waals surface area contributed by atoms with Crippen molar-refractivity contribution >= 4 is 17.7 Å². The van der Waals surface area contributed by atoms with Crippen molar-refractivity contribution in [1.29, 1.82) is 0 Å². The van der Waals surface area contributed by atoms with Crippen molar-refractivity contribution < 1.29 is 18.0 Å². The Kier molecular flexibility index (Phi) is 8.23. The summed E-state index contributed by atoms with van der Waals surface area (Å²) in [6, 6.07) is 5.50. The lowest BCUT2D eigenvalue weighted by Gasteiger charge is -2.15. The van der Waals surface area contributed by atoms with Gasteiger partial charge in [0.05, 0.1) is 12.2 Å². The molecule has 5 nitrogen and oxygen atoms in total. The van der Waals surface area contributed by atoms with Crippen LogP contribution in [0.25, 0.3) is 0 Å². The molecule has 0 spiro atoms. The monoisotopic (exact) mass is 400 g/mol. The Balaban J connectivity index is 0.000000646. The smallest absolute Gasteiger partial charge is 0.344 e. The number of aromatic nitrogens is 2. The summed E-state index contributed by atoms with van der Waals surface area (Å²) >= 11 is -0.187. The molecule has 0 saturated carbocycles. The lowest BCUT2D eigenvalue weighted by molar-refractivity contribution is -0.0328. The van der Waals surface area contributed by atoms with Crippen LogP contribution < -0.4 is 11.1 Å². The first-order chi connectivity index (χ1) is 12.3. The van der Waals surface area contributed by atoms with E-state index in [1.165, 1.54) is 36.8 Å². The first kappa shape index (κ1) is 22.9. The van der Waals surface area contributed by atoms with Crippen LogP contribution in [0.5, 0.6) is 0 Å². The van der Waals surface area contributed by atoms with Gasteiger partial charge in [0.2, 0.25) is 0 Å². The van der Waals surface area contributed by atoms with Gasteiger partial charge in [-0.1, -0.05) is 12.1 Å². The summed E-state index contributed by atoms with van der Waals surface area (Å²) in [5, 5.41) is 2.67. The maximum absolute atomic E-state index is 12.4. The molecule has 0 aliphatic rings. The van der Waals surface area contributed by atoms with E-state index >= 15 is 0 Å². The Morgan fingerprint density at radius 3 is 2.37 bits per heavy atom. The predicted molar refractivity (Wildman–Crippen MR) is 100 cm³/mol. The van der Waals surface area contributed by atoms with Gasteiger partial charge in [-0.2, -0.15) is 13.2 Å². The fourth-order valence-electron chi connectivity index (χ4n) is 1.75. The normalized spacial score (nSPS) is 12.6. The highest BCUT2D eigenvalue weighted by Crippen LogP contribution is 2.37. The highest BCUT2D eigenvalue weighted by Gasteiger charge is 2.29. The molecule has 1 amide bonds. The first-order valence-corrected chi connectivity index (χ1v) is 8.88.